The van der Waals surface area contributed by atoms with Gasteiger partial charge >= 0.3 is 0 Å². The number of hydrogen-bond donors (Lipinski definition) is 1. The first-order valence-corrected chi connectivity index (χ1v) is 17.1. The number of nitrogens with zero attached hydrogens (tertiary/aromatic N) is 2. The molecule has 0 aliphatic heterocycles. The van der Waals surface area contributed by atoms with Gasteiger partial charge in [-0.25, -0.2) is 8.42 Å². The summed E-state index contributed by atoms with van der Waals surface area (Å²) in [5.41, 5.74) is 1.59. The van der Waals surface area contributed by atoms with Crippen molar-refractivity contribution in [2.24, 2.45) is 0 Å². The molecule has 0 bridgehead atoms. The van der Waals surface area contributed by atoms with E-state index in [1.165, 1.54) is 23.1 Å². The first kappa shape index (κ1) is 34.3. The van der Waals surface area contributed by atoms with Gasteiger partial charge in [-0.15, -0.1) is 0 Å². The molecule has 0 aromatic heterocycles. The van der Waals surface area contributed by atoms with Gasteiger partial charge in [-0.3, -0.25) is 13.9 Å². The summed E-state index contributed by atoms with van der Waals surface area (Å²) in [6, 6.07) is 27.6. The first-order valence-electron chi connectivity index (χ1n) is 14.5. The van der Waals surface area contributed by atoms with Gasteiger partial charge in [0.05, 0.1) is 25.7 Å². The van der Waals surface area contributed by atoms with E-state index in [-0.39, 0.29) is 39.5 Å². The van der Waals surface area contributed by atoms with E-state index in [0.29, 0.717) is 17.1 Å². The number of sulfonamides is 1. The van der Waals surface area contributed by atoms with Crippen molar-refractivity contribution in [1.29, 1.82) is 0 Å². The Labute approximate surface area is 279 Å². The molecule has 4 aromatic rings. The predicted octanol–water partition coefficient (Wildman–Crippen LogP) is 7.40. The topological polar surface area (TPSA) is 86.8 Å². The summed E-state index contributed by atoms with van der Waals surface area (Å²) in [5.74, 6) is -0.956. The number of hydrogen-bond acceptors (Lipinski definition) is 4. The molecule has 4 aromatic carbocycles. The molecule has 236 valence electrons. The largest absolute Gasteiger partial charge is 0.354 e. The van der Waals surface area contributed by atoms with Crippen molar-refractivity contribution in [3.05, 3.63) is 129 Å². The summed E-state index contributed by atoms with van der Waals surface area (Å²) >= 11 is 19.0. The van der Waals surface area contributed by atoms with Gasteiger partial charge in [0, 0.05) is 19.5 Å². The summed E-state index contributed by atoms with van der Waals surface area (Å²) in [5, 5.41) is 3.75. The van der Waals surface area contributed by atoms with Gasteiger partial charge in [-0.05, 0) is 53.9 Å². The summed E-state index contributed by atoms with van der Waals surface area (Å²) in [7, 11) is -4.25. The molecule has 7 nitrogen and oxygen atoms in total. The fraction of sp³-hybridized carbons (Fsp3) is 0.235. The molecule has 0 saturated carbocycles. The van der Waals surface area contributed by atoms with E-state index in [1.54, 1.807) is 54.6 Å². The lowest BCUT2D eigenvalue weighted by Gasteiger charge is -2.34. The van der Waals surface area contributed by atoms with Gasteiger partial charge < -0.3 is 10.2 Å². The van der Waals surface area contributed by atoms with Crippen molar-refractivity contribution in [3.63, 3.8) is 0 Å². The summed E-state index contributed by atoms with van der Waals surface area (Å²) in [6.07, 6.45) is 1.84. The van der Waals surface area contributed by atoms with E-state index in [9.17, 15) is 18.0 Å². The monoisotopic (exact) mass is 685 g/mol. The average molecular weight is 687 g/mol. The maximum Gasteiger partial charge on any atom is 0.264 e. The van der Waals surface area contributed by atoms with Crippen LogP contribution in [-0.2, 0) is 32.6 Å². The number of rotatable bonds is 14. The van der Waals surface area contributed by atoms with Crippen LogP contribution in [0.25, 0.3) is 0 Å². The standard InChI is InChI=1S/C34H34Cl3N3O4S/c1-2-3-20-38-34(42)32(22-25-12-6-4-7-13-25)39(23-26-18-19-28(35)30(37)21-26)33(41)24-40(31-17-11-10-16-29(31)36)45(43,44)27-14-8-5-9-15-27/h4-19,21,32H,2-3,20,22-24H2,1H3,(H,38,42)/t32-/m0/s1. The minimum absolute atomic E-state index is 0.00750. The van der Waals surface area contributed by atoms with E-state index in [1.807, 2.05) is 37.3 Å². The van der Waals surface area contributed by atoms with Crippen LogP contribution in [0.1, 0.15) is 30.9 Å². The molecule has 0 heterocycles. The highest BCUT2D eigenvalue weighted by Crippen LogP contribution is 2.31. The molecule has 1 N–H and O–H groups in total. The highest BCUT2D eigenvalue weighted by atomic mass is 35.5. The van der Waals surface area contributed by atoms with Crippen molar-refractivity contribution in [2.45, 2.75) is 43.7 Å². The molecule has 1 atom stereocenters. The number of unbranched alkanes of at least 4 members (excludes halogenated alkanes) is 1. The molecule has 4 rings (SSSR count). The van der Waals surface area contributed by atoms with Crippen molar-refractivity contribution in [2.75, 3.05) is 17.4 Å². The first-order chi connectivity index (χ1) is 21.6. The van der Waals surface area contributed by atoms with Crippen LogP contribution in [0.4, 0.5) is 5.69 Å². The van der Waals surface area contributed by atoms with Gasteiger partial charge in [0.1, 0.15) is 12.6 Å². The van der Waals surface area contributed by atoms with E-state index >= 15 is 0 Å². The lowest BCUT2D eigenvalue weighted by molar-refractivity contribution is -0.140. The van der Waals surface area contributed by atoms with Gasteiger partial charge in [-0.2, -0.15) is 0 Å². The molecule has 0 aliphatic carbocycles. The van der Waals surface area contributed by atoms with Crippen LogP contribution in [-0.4, -0.2) is 44.3 Å². The molecular weight excluding hydrogens is 653 g/mol. The Morgan fingerprint density at radius 1 is 0.778 bits per heavy atom. The third kappa shape index (κ3) is 9.01. The summed E-state index contributed by atoms with van der Waals surface area (Å²) in [4.78, 5) is 29.7. The number of para-hydroxylation sites is 1. The second-order valence-electron chi connectivity index (χ2n) is 10.4. The van der Waals surface area contributed by atoms with Crippen LogP contribution in [0.3, 0.4) is 0 Å². The zero-order valence-corrected chi connectivity index (χ0v) is 27.8. The Morgan fingerprint density at radius 3 is 2.07 bits per heavy atom. The van der Waals surface area contributed by atoms with Crippen LogP contribution in [0.2, 0.25) is 15.1 Å². The summed E-state index contributed by atoms with van der Waals surface area (Å²) < 4.78 is 29.1. The van der Waals surface area contributed by atoms with Gasteiger partial charge in [-0.1, -0.05) is 115 Å². The van der Waals surface area contributed by atoms with Crippen molar-refractivity contribution < 1.29 is 18.0 Å². The molecule has 11 heteroatoms. The van der Waals surface area contributed by atoms with Crippen LogP contribution >= 0.6 is 34.8 Å². The smallest absolute Gasteiger partial charge is 0.264 e. The normalized spacial score (nSPS) is 11.9. The molecule has 0 radical (unpaired) electrons. The number of carbonyl (C=O) groups is 2. The van der Waals surface area contributed by atoms with E-state index < -0.39 is 28.5 Å². The van der Waals surface area contributed by atoms with E-state index in [0.717, 1.165) is 22.7 Å². The molecule has 0 unspecified atom stereocenters. The number of carbonyl (C=O) groups excluding carboxylic acids is 2. The Morgan fingerprint density at radius 2 is 1.42 bits per heavy atom. The fourth-order valence-corrected chi connectivity index (χ4v) is 6.84. The minimum Gasteiger partial charge on any atom is -0.354 e. The maximum absolute atomic E-state index is 14.5. The van der Waals surface area contributed by atoms with Crippen LogP contribution < -0.4 is 9.62 Å². The zero-order chi connectivity index (χ0) is 32.4. The van der Waals surface area contributed by atoms with Crippen molar-refractivity contribution >= 4 is 62.3 Å². The van der Waals surface area contributed by atoms with Crippen LogP contribution in [0.5, 0.6) is 0 Å². The van der Waals surface area contributed by atoms with E-state index in [2.05, 4.69) is 5.32 Å². The van der Waals surface area contributed by atoms with Gasteiger partial charge in [0.15, 0.2) is 0 Å². The maximum atomic E-state index is 14.5. The zero-order valence-electron chi connectivity index (χ0n) is 24.7. The Kier molecular flexibility index (Phi) is 12.3. The molecule has 2 amide bonds. The second-order valence-corrected chi connectivity index (χ2v) is 13.5. The minimum atomic E-state index is -4.25. The van der Waals surface area contributed by atoms with Crippen LogP contribution in [0.15, 0.2) is 108 Å². The van der Waals surface area contributed by atoms with E-state index in [4.69, 9.17) is 34.8 Å². The molecular formula is C34H34Cl3N3O4S. The molecule has 0 spiro atoms. The molecule has 0 aliphatic rings. The number of amides is 2. The van der Waals surface area contributed by atoms with Crippen LogP contribution in [0, 0.1) is 0 Å². The third-order valence-corrected chi connectivity index (χ3v) is 10.0. The number of halogens is 3. The highest BCUT2D eigenvalue weighted by Gasteiger charge is 2.35. The third-order valence-electron chi connectivity index (χ3n) is 7.17. The Hall–Kier alpha value is -3.56. The quantitative estimate of drug-likeness (QED) is 0.140. The second kappa shape index (κ2) is 16.1. The lowest BCUT2D eigenvalue weighted by Crippen LogP contribution is -2.53. The Bertz CT molecular complexity index is 1710. The molecule has 0 fully saturated rings. The lowest BCUT2D eigenvalue weighted by atomic mass is 10.0. The molecule has 45 heavy (non-hydrogen) atoms. The predicted molar refractivity (Wildman–Crippen MR) is 181 cm³/mol. The van der Waals surface area contributed by atoms with Gasteiger partial charge in [0.25, 0.3) is 10.0 Å². The number of nitrogens with one attached hydrogen (secondary N) is 1. The van der Waals surface area contributed by atoms with Crippen molar-refractivity contribution in [3.8, 4) is 0 Å². The molecule has 0 saturated heterocycles. The fourth-order valence-electron chi connectivity index (χ4n) is 4.78. The van der Waals surface area contributed by atoms with Gasteiger partial charge in [0.2, 0.25) is 11.8 Å². The average Bonchev–Trinajstić information content (AvgIpc) is 3.04. The number of benzene rings is 4. The van der Waals surface area contributed by atoms with Crippen molar-refractivity contribution in [1.82, 2.24) is 10.2 Å². The summed E-state index contributed by atoms with van der Waals surface area (Å²) in [6.45, 7) is 1.81. The highest BCUT2D eigenvalue weighted by molar-refractivity contribution is 7.92. The Balaban J connectivity index is 1.80. The SMILES string of the molecule is CCCCNC(=O)[C@H](Cc1ccccc1)N(Cc1ccc(Cl)c(Cl)c1)C(=O)CN(c1ccccc1Cl)S(=O)(=O)c1ccccc1. The number of anilines is 1.